The van der Waals surface area contributed by atoms with Gasteiger partial charge in [-0.15, -0.1) is 11.3 Å². The summed E-state index contributed by atoms with van der Waals surface area (Å²) in [6, 6.07) is 7.62. The van der Waals surface area contributed by atoms with E-state index in [0.29, 0.717) is 9.20 Å². The van der Waals surface area contributed by atoms with E-state index in [2.05, 4.69) is 10.1 Å². The van der Waals surface area contributed by atoms with Crippen molar-refractivity contribution in [3.05, 3.63) is 66.2 Å². The fourth-order valence-electron chi connectivity index (χ4n) is 2.73. The highest BCUT2D eigenvalue weighted by Crippen LogP contribution is 2.25. The van der Waals surface area contributed by atoms with E-state index in [0.717, 1.165) is 16.9 Å². The number of aromatic nitrogens is 1. The minimum Gasteiger partial charge on any atom is -0.433 e. The van der Waals surface area contributed by atoms with Crippen molar-refractivity contribution in [3.8, 4) is 5.75 Å². The van der Waals surface area contributed by atoms with Crippen LogP contribution in [0.4, 0.5) is 14.5 Å². The maximum absolute atomic E-state index is 13.1. The third kappa shape index (κ3) is 6.45. The van der Waals surface area contributed by atoms with Crippen molar-refractivity contribution >= 4 is 52.2 Å². The summed E-state index contributed by atoms with van der Waals surface area (Å²) < 4.78 is 31.6. The first kappa shape index (κ1) is 24.5. The van der Waals surface area contributed by atoms with E-state index in [9.17, 15) is 23.2 Å². The van der Waals surface area contributed by atoms with Gasteiger partial charge in [-0.2, -0.15) is 20.1 Å². The molecule has 174 valence electrons. The van der Waals surface area contributed by atoms with Crippen molar-refractivity contribution in [2.75, 3.05) is 5.32 Å². The molecule has 1 N–H and O–H groups in total. The number of halogens is 2. The lowest BCUT2D eigenvalue weighted by molar-refractivity contribution is -0.120. The fraction of sp³-hybridized carbons (Fsp3) is 0.261. The summed E-state index contributed by atoms with van der Waals surface area (Å²) in [6.45, 7) is 1.81. The predicted molar refractivity (Wildman–Crippen MR) is 126 cm³/mol. The lowest BCUT2D eigenvalue weighted by Gasteiger charge is -2.13. The molecule has 10 heteroatoms. The number of hydrogen-bond donors (Lipinski definition) is 1. The average molecular weight is 493 g/mol. The number of para-hydroxylation sites is 2. The van der Waals surface area contributed by atoms with Crippen LogP contribution in [0.15, 0.2) is 45.9 Å². The largest absolute Gasteiger partial charge is 0.433 e. The zero-order chi connectivity index (χ0) is 24.2. The van der Waals surface area contributed by atoms with Crippen LogP contribution in [0, 0.1) is 5.41 Å². The highest BCUT2D eigenvalue weighted by atomic mass is 32.1. The quantitative estimate of drug-likeness (QED) is 0.548. The number of nitrogens with zero attached hydrogens (tertiary/aromatic N) is 1. The Hall–Kier alpha value is -3.11. The average Bonchev–Trinajstić information content (AvgIpc) is 3.33. The molecule has 33 heavy (non-hydrogen) atoms. The fourth-order valence-corrected chi connectivity index (χ4v) is 4.39. The van der Waals surface area contributed by atoms with Crippen LogP contribution in [-0.4, -0.2) is 22.9 Å². The van der Waals surface area contributed by atoms with Crippen molar-refractivity contribution in [1.82, 2.24) is 4.57 Å². The molecule has 1 amide bonds. The van der Waals surface area contributed by atoms with E-state index in [4.69, 9.17) is 0 Å². The zero-order valence-electron chi connectivity index (χ0n) is 18.1. The van der Waals surface area contributed by atoms with E-state index in [1.807, 2.05) is 16.8 Å². The van der Waals surface area contributed by atoms with Gasteiger partial charge in [0.25, 0.3) is 5.56 Å². The van der Waals surface area contributed by atoms with E-state index in [1.165, 1.54) is 40.2 Å². The van der Waals surface area contributed by atoms with E-state index < -0.39 is 30.0 Å². The van der Waals surface area contributed by atoms with E-state index in [1.54, 1.807) is 32.9 Å². The van der Waals surface area contributed by atoms with E-state index in [-0.39, 0.29) is 17.2 Å². The van der Waals surface area contributed by atoms with Crippen LogP contribution < -0.4 is 24.8 Å². The van der Waals surface area contributed by atoms with Gasteiger partial charge in [0.05, 0.1) is 10.2 Å². The van der Waals surface area contributed by atoms with Gasteiger partial charge < -0.3 is 10.1 Å². The van der Waals surface area contributed by atoms with Crippen LogP contribution in [0.3, 0.4) is 0 Å². The maximum Gasteiger partial charge on any atom is 0.387 e. The Balaban J connectivity index is 1.99. The van der Waals surface area contributed by atoms with Gasteiger partial charge in [0, 0.05) is 11.5 Å². The SMILES string of the molecule is CC(C)(C)C(=O)/C=c1\s/c(=C/c2ccsc2)c(=O)n1CC(=O)Nc1ccccc1OC(F)F. The van der Waals surface area contributed by atoms with Crippen LogP contribution in [0.5, 0.6) is 5.75 Å². The zero-order valence-corrected chi connectivity index (χ0v) is 19.8. The lowest BCUT2D eigenvalue weighted by atomic mass is 9.91. The molecule has 0 fully saturated rings. The Morgan fingerprint density at radius 3 is 2.58 bits per heavy atom. The number of amides is 1. The van der Waals surface area contributed by atoms with Gasteiger partial charge in [-0.1, -0.05) is 32.9 Å². The van der Waals surface area contributed by atoms with Crippen molar-refractivity contribution in [2.24, 2.45) is 5.41 Å². The Morgan fingerprint density at radius 2 is 1.94 bits per heavy atom. The van der Waals surface area contributed by atoms with Crippen molar-refractivity contribution in [2.45, 2.75) is 33.9 Å². The number of carbonyl (C=O) groups is 2. The summed E-state index contributed by atoms with van der Waals surface area (Å²) in [5.74, 6) is -1.02. The minimum atomic E-state index is -3.05. The molecule has 0 bridgehead atoms. The van der Waals surface area contributed by atoms with Crippen molar-refractivity contribution < 1.29 is 23.1 Å². The van der Waals surface area contributed by atoms with Crippen LogP contribution in [0.2, 0.25) is 0 Å². The van der Waals surface area contributed by atoms with Crippen LogP contribution in [0.1, 0.15) is 26.3 Å². The molecular formula is C23H22F2N2O4S2. The molecule has 0 spiro atoms. The van der Waals surface area contributed by atoms with Gasteiger partial charge in [0.1, 0.15) is 17.0 Å². The summed E-state index contributed by atoms with van der Waals surface area (Å²) in [6.07, 6.45) is 3.06. The maximum atomic E-state index is 13.1. The molecule has 0 saturated heterocycles. The topological polar surface area (TPSA) is 77.4 Å². The van der Waals surface area contributed by atoms with Crippen LogP contribution >= 0.6 is 22.7 Å². The molecule has 0 atom stereocenters. The third-order valence-electron chi connectivity index (χ3n) is 4.45. The Labute approximate surface area is 196 Å². The summed E-state index contributed by atoms with van der Waals surface area (Å²) in [7, 11) is 0. The molecule has 2 aromatic heterocycles. The first-order valence-corrected chi connectivity index (χ1v) is 11.6. The highest BCUT2D eigenvalue weighted by molar-refractivity contribution is 7.08. The molecule has 0 radical (unpaired) electrons. The number of thiophene rings is 1. The summed E-state index contributed by atoms with van der Waals surface area (Å²) >= 11 is 2.59. The number of alkyl halides is 2. The molecule has 0 unspecified atom stereocenters. The first-order chi connectivity index (χ1) is 15.5. The number of thiazole rings is 1. The smallest absolute Gasteiger partial charge is 0.387 e. The molecule has 0 aliphatic carbocycles. The normalized spacial score (nSPS) is 12.9. The van der Waals surface area contributed by atoms with Crippen molar-refractivity contribution in [1.29, 1.82) is 0 Å². The summed E-state index contributed by atoms with van der Waals surface area (Å²) in [5.41, 5.74) is -0.212. The van der Waals surface area contributed by atoms with Crippen LogP contribution in [-0.2, 0) is 16.1 Å². The van der Waals surface area contributed by atoms with Gasteiger partial charge in [0.15, 0.2) is 5.78 Å². The lowest BCUT2D eigenvalue weighted by Crippen LogP contribution is -2.36. The molecule has 2 heterocycles. The molecule has 0 saturated carbocycles. The third-order valence-corrected chi connectivity index (χ3v) is 6.21. The molecule has 1 aromatic carbocycles. The van der Waals surface area contributed by atoms with Crippen LogP contribution in [0.25, 0.3) is 12.2 Å². The summed E-state index contributed by atoms with van der Waals surface area (Å²) in [5, 5.41) is 6.25. The van der Waals surface area contributed by atoms with E-state index >= 15 is 0 Å². The van der Waals surface area contributed by atoms with Gasteiger partial charge in [-0.3, -0.25) is 19.0 Å². The van der Waals surface area contributed by atoms with Gasteiger partial charge in [-0.05, 0) is 40.6 Å². The molecule has 3 aromatic rings. The number of Topliss-reactive ketones (excluding diaryl/α,β-unsaturated/α-hetero) is 1. The Bertz CT molecular complexity index is 1320. The number of anilines is 1. The number of carbonyl (C=O) groups excluding carboxylic acids is 2. The van der Waals surface area contributed by atoms with Gasteiger partial charge in [0.2, 0.25) is 5.91 Å². The standard InChI is InChI=1S/C23H22F2N2O4S2/c1-23(2,3)18(28)11-20-27(21(30)17(33-20)10-14-8-9-32-13-14)12-19(29)26-15-6-4-5-7-16(15)31-22(24)25/h4-11,13,22H,12H2,1-3H3,(H,26,29)/b17-10+,20-11-. The number of ether oxygens (including phenoxy) is 1. The minimum absolute atomic E-state index is 0.0486. The number of hydrogen-bond acceptors (Lipinski definition) is 6. The number of nitrogens with one attached hydrogen (secondary N) is 1. The second kappa shape index (κ2) is 10.2. The Kier molecular flexibility index (Phi) is 7.60. The second-order valence-electron chi connectivity index (χ2n) is 8.08. The number of ketones is 1. The highest BCUT2D eigenvalue weighted by Gasteiger charge is 2.20. The molecule has 0 aliphatic heterocycles. The second-order valence-corrected chi connectivity index (χ2v) is 9.92. The van der Waals surface area contributed by atoms with Gasteiger partial charge >= 0.3 is 6.61 Å². The number of benzene rings is 1. The number of rotatable bonds is 7. The van der Waals surface area contributed by atoms with Gasteiger partial charge in [-0.25, -0.2) is 0 Å². The van der Waals surface area contributed by atoms with Crippen molar-refractivity contribution in [3.63, 3.8) is 0 Å². The molecule has 0 aliphatic rings. The summed E-state index contributed by atoms with van der Waals surface area (Å²) in [4.78, 5) is 38.4. The predicted octanol–water partition coefficient (Wildman–Crippen LogP) is 3.44. The molecule has 3 rings (SSSR count). The molecular weight excluding hydrogens is 470 g/mol. The molecule has 6 nitrogen and oxygen atoms in total. The monoisotopic (exact) mass is 492 g/mol. The first-order valence-electron chi connectivity index (χ1n) is 9.88. The Morgan fingerprint density at radius 1 is 1.21 bits per heavy atom.